The van der Waals surface area contributed by atoms with Crippen LogP contribution < -0.4 is 5.32 Å². The van der Waals surface area contributed by atoms with Crippen molar-refractivity contribution in [3.05, 3.63) is 60.3 Å². The van der Waals surface area contributed by atoms with E-state index in [1.165, 1.54) is 13.0 Å². The van der Waals surface area contributed by atoms with Crippen molar-refractivity contribution in [3.63, 3.8) is 0 Å². The number of Topliss-reactive ketones (excluding diaryl/α,β-unsaturated/α-hetero) is 2. The first-order chi connectivity index (χ1) is 18.4. The van der Waals surface area contributed by atoms with Crippen LogP contribution in [0.4, 0.5) is 0 Å². The molecule has 0 radical (unpaired) electrons. The highest BCUT2D eigenvalue weighted by atomic mass is 16.3. The monoisotopic (exact) mass is 547 g/mol. The summed E-state index contributed by atoms with van der Waals surface area (Å²) in [6, 6.07) is 0. The number of hydrogen-bond acceptors (Lipinski definition) is 8. The van der Waals surface area contributed by atoms with Crippen LogP contribution in [0.1, 0.15) is 66.2 Å². The largest absolute Gasteiger partial charge is 0.393 e. The molecule has 4 unspecified atom stereocenters. The Balaban J connectivity index is 4.34. The molecule has 0 rings (SSSR count). The van der Waals surface area contributed by atoms with Gasteiger partial charge in [0.05, 0.1) is 30.8 Å². The van der Waals surface area contributed by atoms with Gasteiger partial charge in [-0.2, -0.15) is 0 Å². The van der Waals surface area contributed by atoms with E-state index in [0.29, 0.717) is 18.4 Å². The first-order valence-corrected chi connectivity index (χ1v) is 13.3. The Morgan fingerprint density at radius 2 is 1.51 bits per heavy atom. The zero-order chi connectivity index (χ0) is 29.8. The maximum atomic E-state index is 12.3. The van der Waals surface area contributed by atoms with E-state index in [-0.39, 0.29) is 43.8 Å². The van der Waals surface area contributed by atoms with Crippen molar-refractivity contribution in [3.8, 4) is 0 Å². The Hall–Kier alpha value is -2.98. The van der Waals surface area contributed by atoms with Gasteiger partial charge >= 0.3 is 0 Å². The van der Waals surface area contributed by atoms with Crippen LogP contribution in [0.5, 0.6) is 0 Å². The summed E-state index contributed by atoms with van der Waals surface area (Å²) >= 11 is 0. The number of amides is 1. The highest BCUT2D eigenvalue weighted by molar-refractivity contribution is 5.98. The molecule has 0 aliphatic heterocycles. The Labute approximate surface area is 231 Å². The highest BCUT2D eigenvalue weighted by Gasteiger charge is 2.22. The summed E-state index contributed by atoms with van der Waals surface area (Å²) in [6.45, 7) is 6.67. The van der Waals surface area contributed by atoms with Crippen molar-refractivity contribution in [2.24, 2.45) is 5.92 Å². The van der Waals surface area contributed by atoms with Crippen molar-refractivity contribution < 1.29 is 39.6 Å². The molecule has 0 aliphatic rings. The Kier molecular flexibility index (Phi) is 19.3. The van der Waals surface area contributed by atoms with Gasteiger partial charge in [-0.15, -0.1) is 0 Å². The van der Waals surface area contributed by atoms with Crippen LogP contribution in [-0.2, 0) is 19.2 Å². The van der Waals surface area contributed by atoms with Gasteiger partial charge in [-0.1, -0.05) is 62.5 Å². The van der Waals surface area contributed by atoms with E-state index < -0.39 is 42.0 Å². The predicted octanol–water partition coefficient (Wildman–Crippen LogP) is 2.44. The summed E-state index contributed by atoms with van der Waals surface area (Å²) in [5.74, 6) is -1.64. The van der Waals surface area contributed by atoms with Crippen LogP contribution in [0.15, 0.2) is 60.3 Å². The second kappa shape index (κ2) is 20.9. The van der Waals surface area contributed by atoms with Gasteiger partial charge in [0.1, 0.15) is 5.78 Å². The summed E-state index contributed by atoms with van der Waals surface area (Å²) in [7, 11) is 0. The minimum atomic E-state index is -1.02. The maximum absolute atomic E-state index is 12.3. The molecule has 0 spiro atoms. The zero-order valence-corrected chi connectivity index (χ0v) is 23.5. The SMILES string of the molecule is CCC(=O)/C=C/C=C/C=C/CC(O)CC(O)CC(=O)/C(C)=C/C=C/CNC(=O)CC(=O)CC(O)C(C)[C@H](C)O. The first-order valence-electron chi connectivity index (χ1n) is 13.3. The molecule has 0 aromatic rings. The number of nitrogens with one attached hydrogen (secondary N) is 1. The lowest BCUT2D eigenvalue weighted by Gasteiger charge is -2.20. The summed E-state index contributed by atoms with van der Waals surface area (Å²) in [4.78, 5) is 47.2. The van der Waals surface area contributed by atoms with E-state index in [2.05, 4.69) is 5.32 Å². The summed E-state index contributed by atoms with van der Waals surface area (Å²) < 4.78 is 0. The predicted molar refractivity (Wildman–Crippen MR) is 151 cm³/mol. The molecular formula is C30H45NO8. The molecule has 218 valence electrons. The van der Waals surface area contributed by atoms with Crippen LogP contribution >= 0.6 is 0 Å². The van der Waals surface area contributed by atoms with Gasteiger partial charge in [0.15, 0.2) is 11.6 Å². The molecule has 0 saturated carbocycles. The molecule has 0 aliphatic carbocycles. The van der Waals surface area contributed by atoms with Crippen molar-refractivity contribution in [1.29, 1.82) is 0 Å². The van der Waals surface area contributed by atoms with E-state index in [4.69, 9.17) is 0 Å². The Morgan fingerprint density at radius 3 is 2.15 bits per heavy atom. The number of carbonyl (C=O) groups is 4. The van der Waals surface area contributed by atoms with E-state index in [9.17, 15) is 39.6 Å². The zero-order valence-electron chi connectivity index (χ0n) is 23.5. The molecule has 0 fully saturated rings. The lowest BCUT2D eigenvalue weighted by molar-refractivity contribution is -0.129. The lowest BCUT2D eigenvalue weighted by atomic mass is 9.94. The standard InChI is InChI=1S/C30H45NO8/c1-5-24(33)14-9-7-6-8-10-15-25(34)17-26(35)18-28(37)21(2)13-11-12-16-31-30(39)20-27(36)19-29(38)22(3)23(4)32/h6-14,22-23,25-26,29,32,34-35,38H,5,15-20H2,1-4H3,(H,31,39)/b7-6+,10-8+,12-11+,14-9+,21-13+/t22?,23-,25?,26?,29?/m0/s1. The van der Waals surface area contributed by atoms with Crippen LogP contribution in [0.3, 0.4) is 0 Å². The smallest absolute Gasteiger partial charge is 0.227 e. The van der Waals surface area contributed by atoms with E-state index in [0.717, 1.165) is 0 Å². The lowest BCUT2D eigenvalue weighted by Crippen LogP contribution is -2.31. The third kappa shape index (κ3) is 18.8. The molecule has 0 heterocycles. The second-order valence-corrected chi connectivity index (χ2v) is 9.57. The number of aliphatic hydroxyl groups excluding tert-OH is 4. The molecule has 1 amide bonds. The van der Waals surface area contributed by atoms with Crippen LogP contribution in [0.25, 0.3) is 0 Å². The molecule has 39 heavy (non-hydrogen) atoms. The normalized spacial score (nSPS) is 16.6. The second-order valence-electron chi connectivity index (χ2n) is 9.57. The van der Waals surface area contributed by atoms with E-state index >= 15 is 0 Å². The van der Waals surface area contributed by atoms with E-state index in [1.807, 2.05) is 0 Å². The molecule has 5 atom stereocenters. The van der Waals surface area contributed by atoms with Crippen molar-refractivity contribution in [1.82, 2.24) is 5.32 Å². The number of ketones is 3. The molecular weight excluding hydrogens is 502 g/mol. The molecule has 0 bridgehead atoms. The van der Waals surface area contributed by atoms with Gasteiger partial charge in [0.25, 0.3) is 0 Å². The van der Waals surface area contributed by atoms with Crippen LogP contribution in [0, 0.1) is 5.92 Å². The van der Waals surface area contributed by atoms with Crippen LogP contribution in [-0.4, -0.2) is 74.6 Å². The maximum Gasteiger partial charge on any atom is 0.227 e. The average molecular weight is 548 g/mol. The van der Waals surface area contributed by atoms with Crippen molar-refractivity contribution >= 4 is 23.3 Å². The quantitative estimate of drug-likeness (QED) is 0.0882. The van der Waals surface area contributed by atoms with Crippen molar-refractivity contribution in [2.45, 2.75) is 90.6 Å². The summed E-state index contributed by atoms with van der Waals surface area (Å²) in [6.07, 6.45) is 11.3. The summed E-state index contributed by atoms with van der Waals surface area (Å²) in [5, 5.41) is 42.1. The average Bonchev–Trinajstić information content (AvgIpc) is 2.86. The summed E-state index contributed by atoms with van der Waals surface area (Å²) in [5.41, 5.74) is 0.405. The number of hydrogen-bond donors (Lipinski definition) is 5. The number of aliphatic hydroxyl groups is 4. The van der Waals surface area contributed by atoms with Gasteiger partial charge in [0.2, 0.25) is 5.91 Å². The molecule has 0 saturated heterocycles. The molecule has 5 N–H and O–H groups in total. The first kappa shape index (κ1) is 36.0. The highest BCUT2D eigenvalue weighted by Crippen LogP contribution is 2.13. The number of allylic oxidation sites excluding steroid dienone is 8. The fraction of sp³-hybridized carbons (Fsp3) is 0.533. The fourth-order valence-electron chi connectivity index (χ4n) is 3.19. The fourth-order valence-corrected chi connectivity index (χ4v) is 3.19. The third-order valence-corrected chi connectivity index (χ3v) is 5.97. The van der Waals surface area contributed by atoms with Gasteiger partial charge in [-0.3, -0.25) is 19.2 Å². The van der Waals surface area contributed by atoms with Gasteiger partial charge < -0.3 is 25.7 Å². The minimum Gasteiger partial charge on any atom is -0.393 e. The molecule has 9 nitrogen and oxygen atoms in total. The number of rotatable bonds is 20. The number of carbonyl (C=O) groups excluding carboxylic acids is 4. The van der Waals surface area contributed by atoms with Crippen molar-refractivity contribution in [2.75, 3.05) is 6.54 Å². The van der Waals surface area contributed by atoms with E-state index in [1.54, 1.807) is 69.4 Å². The molecule has 0 aromatic carbocycles. The minimum absolute atomic E-state index is 0.0381. The van der Waals surface area contributed by atoms with Gasteiger partial charge in [0, 0.05) is 31.7 Å². The molecule has 0 aromatic heterocycles. The van der Waals surface area contributed by atoms with Gasteiger partial charge in [-0.05, 0) is 38.3 Å². The Bertz CT molecular complexity index is 929. The topological polar surface area (TPSA) is 161 Å². The molecule has 9 heteroatoms. The Morgan fingerprint density at radius 1 is 0.846 bits per heavy atom. The van der Waals surface area contributed by atoms with Crippen LogP contribution in [0.2, 0.25) is 0 Å². The third-order valence-electron chi connectivity index (χ3n) is 5.97. The van der Waals surface area contributed by atoms with Gasteiger partial charge in [-0.25, -0.2) is 0 Å².